The fraction of sp³-hybridized carbons (Fsp3) is 0.235. The van der Waals surface area contributed by atoms with Crippen molar-refractivity contribution in [1.29, 1.82) is 0 Å². The van der Waals surface area contributed by atoms with Gasteiger partial charge in [0.2, 0.25) is 0 Å². The summed E-state index contributed by atoms with van der Waals surface area (Å²) in [6.45, 7) is -0.0369. The summed E-state index contributed by atoms with van der Waals surface area (Å²) in [4.78, 5) is 14.0. The monoisotopic (exact) mass is 336 g/mol. The van der Waals surface area contributed by atoms with Crippen LogP contribution >= 0.6 is 11.6 Å². The molecular formula is C17H18ClFN2O2. The predicted octanol–water partition coefficient (Wildman–Crippen LogP) is 3.01. The van der Waals surface area contributed by atoms with Crippen LogP contribution in [0.5, 0.6) is 0 Å². The number of aliphatic hydroxyl groups excluding tert-OH is 1. The van der Waals surface area contributed by atoms with Crippen LogP contribution in [0.4, 0.5) is 10.1 Å². The van der Waals surface area contributed by atoms with E-state index in [1.165, 1.54) is 12.1 Å². The van der Waals surface area contributed by atoms with E-state index >= 15 is 0 Å². The molecule has 0 saturated carbocycles. The average Bonchev–Trinajstić information content (AvgIpc) is 2.52. The van der Waals surface area contributed by atoms with Crippen LogP contribution in [0, 0.1) is 5.82 Å². The van der Waals surface area contributed by atoms with Crippen molar-refractivity contribution in [2.24, 2.45) is 0 Å². The molecule has 23 heavy (non-hydrogen) atoms. The van der Waals surface area contributed by atoms with E-state index in [4.69, 9.17) is 11.6 Å². The van der Waals surface area contributed by atoms with Gasteiger partial charge in [-0.3, -0.25) is 4.79 Å². The van der Waals surface area contributed by atoms with Crippen molar-refractivity contribution in [2.45, 2.75) is 6.10 Å². The van der Waals surface area contributed by atoms with Crippen LogP contribution in [0.3, 0.4) is 0 Å². The SMILES string of the molecule is CN(C)c1ccc([C@@H](O)CNC(=O)c2c(F)cccc2Cl)cc1. The van der Waals surface area contributed by atoms with Crippen LogP contribution < -0.4 is 10.2 Å². The van der Waals surface area contributed by atoms with E-state index in [-0.39, 0.29) is 17.1 Å². The summed E-state index contributed by atoms with van der Waals surface area (Å²) in [7, 11) is 3.84. The summed E-state index contributed by atoms with van der Waals surface area (Å²) >= 11 is 5.84. The molecule has 0 saturated heterocycles. The number of anilines is 1. The van der Waals surface area contributed by atoms with Crippen molar-refractivity contribution >= 4 is 23.2 Å². The van der Waals surface area contributed by atoms with Crippen LogP contribution in [0.2, 0.25) is 5.02 Å². The number of carbonyl (C=O) groups excluding carboxylic acids is 1. The molecule has 6 heteroatoms. The first-order valence-corrected chi connectivity index (χ1v) is 7.45. The van der Waals surface area contributed by atoms with E-state index in [2.05, 4.69) is 5.32 Å². The Morgan fingerprint density at radius 1 is 1.26 bits per heavy atom. The third-order valence-corrected chi connectivity index (χ3v) is 3.76. The predicted molar refractivity (Wildman–Crippen MR) is 89.5 cm³/mol. The summed E-state index contributed by atoms with van der Waals surface area (Å²) in [5.41, 5.74) is 1.45. The van der Waals surface area contributed by atoms with E-state index in [1.807, 2.05) is 31.1 Å². The van der Waals surface area contributed by atoms with Gasteiger partial charge in [-0.15, -0.1) is 0 Å². The Morgan fingerprint density at radius 3 is 2.48 bits per heavy atom. The Morgan fingerprint density at radius 2 is 1.91 bits per heavy atom. The minimum atomic E-state index is -0.888. The Labute approximate surface area is 139 Å². The molecular weight excluding hydrogens is 319 g/mol. The minimum Gasteiger partial charge on any atom is -0.387 e. The van der Waals surface area contributed by atoms with Gasteiger partial charge in [0, 0.05) is 26.3 Å². The lowest BCUT2D eigenvalue weighted by Crippen LogP contribution is -2.29. The number of carbonyl (C=O) groups is 1. The van der Waals surface area contributed by atoms with Crippen molar-refractivity contribution in [3.05, 3.63) is 64.4 Å². The zero-order chi connectivity index (χ0) is 17.0. The second kappa shape index (κ2) is 7.44. The van der Waals surface area contributed by atoms with Gasteiger partial charge in [0.15, 0.2) is 0 Å². The van der Waals surface area contributed by atoms with Crippen molar-refractivity contribution < 1.29 is 14.3 Å². The molecule has 0 radical (unpaired) electrons. The molecule has 0 aliphatic heterocycles. The molecule has 1 atom stereocenters. The summed E-state index contributed by atoms with van der Waals surface area (Å²) in [6.07, 6.45) is -0.888. The van der Waals surface area contributed by atoms with Gasteiger partial charge in [0.25, 0.3) is 5.91 Å². The third-order valence-electron chi connectivity index (χ3n) is 3.44. The quantitative estimate of drug-likeness (QED) is 0.882. The Balaban J connectivity index is 2.01. The highest BCUT2D eigenvalue weighted by atomic mass is 35.5. The van der Waals surface area contributed by atoms with Crippen molar-refractivity contribution in [2.75, 3.05) is 25.5 Å². The second-order valence-electron chi connectivity index (χ2n) is 5.31. The molecule has 4 nitrogen and oxygen atoms in total. The average molecular weight is 337 g/mol. The normalized spacial score (nSPS) is 11.9. The highest BCUT2D eigenvalue weighted by Gasteiger charge is 2.17. The van der Waals surface area contributed by atoms with Crippen LogP contribution in [-0.4, -0.2) is 31.7 Å². The molecule has 0 aromatic heterocycles. The number of benzene rings is 2. The van der Waals surface area contributed by atoms with E-state index in [9.17, 15) is 14.3 Å². The highest BCUT2D eigenvalue weighted by Crippen LogP contribution is 2.20. The maximum Gasteiger partial charge on any atom is 0.255 e. The van der Waals surface area contributed by atoms with E-state index < -0.39 is 17.8 Å². The maximum absolute atomic E-state index is 13.7. The first-order valence-electron chi connectivity index (χ1n) is 7.07. The number of hydrogen-bond acceptors (Lipinski definition) is 3. The molecule has 2 rings (SSSR count). The molecule has 0 spiro atoms. The van der Waals surface area contributed by atoms with Gasteiger partial charge >= 0.3 is 0 Å². The number of halogens is 2. The third kappa shape index (κ3) is 4.21. The lowest BCUT2D eigenvalue weighted by atomic mass is 10.1. The minimum absolute atomic E-state index is 0.0346. The van der Waals surface area contributed by atoms with Gasteiger partial charge in [0.05, 0.1) is 16.7 Å². The van der Waals surface area contributed by atoms with E-state index in [0.717, 1.165) is 11.8 Å². The fourth-order valence-corrected chi connectivity index (χ4v) is 2.35. The van der Waals surface area contributed by atoms with Crippen LogP contribution in [0.1, 0.15) is 22.0 Å². The zero-order valence-electron chi connectivity index (χ0n) is 12.9. The van der Waals surface area contributed by atoms with Crippen molar-refractivity contribution in [3.63, 3.8) is 0 Å². The van der Waals surface area contributed by atoms with Gasteiger partial charge in [-0.2, -0.15) is 0 Å². The molecule has 2 N–H and O–H groups in total. The topological polar surface area (TPSA) is 52.6 Å². The molecule has 0 unspecified atom stereocenters. The molecule has 0 aliphatic carbocycles. The lowest BCUT2D eigenvalue weighted by molar-refractivity contribution is 0.0912. The Bertz CT molecular complexity index is 669. The molecule has 0 heterocycles. The highest BCUT2D eigenvalue weighted by molar-refractivity contribution is 6.33. The lowest BCUT2D eigenvalue weighted by Gasteiger charge is -2.16. The summed E-state index contributed by atoms with van der Waals surface area (Å²) in [5, 5.41) is 12.7. The Kier molecular flexibility index (Phi) is 5.58. The number of rotatable bonds is 5. The fourth-order valence-electron chi connectivity index (χ4n) is 2.10. The van der Waals surface area contributed by atoms with Crippen LogP contribution in [0.15, 0.2) is 42.5 Å². The van der Waals surface area contributed by atoms with Gasteiger partial charge in [-0.25, -0.2) is 4.39 Å². The van der Waals surface area contributed by atoms with E-state index in [0.29, 0.717) is 5.56 Å². The van der Waals surface area contributed by atoms with Crippen molar-refractivity contribution in [1.82, 2.24) is 5.32 Å². The number of hydrogen-bond donors (Lipinski definition) is 2. The molecule has 2 aromatic rings. The van der Waals surface area contributed by atoms with Crippen molar-refractivity contribution in [3.8, 4) is 0 Å². The first-order chi connectivity index (χ1) is 10.9. The second-order valence-corrected chi connectivity index (χ2v) is 5.72. The molecule has 122 valence electrons. The van der Waals surface area contributed by atoms with Gasteiger partial charge in [0.1, 0.15) is 5.82 Å². The number of amides is 1. The molecule has 1 amide bonds. The number of aliphatic hydroxyl groups is 1. The van der Waals surface area contributed by atoms with Crippen LogP contribution in [-0.2, 0) is 0 Å². The first kappa shape index (κ1) is 17.2. The number of nitrogens with one attached hydrogen (secondary N) is 1. The molecule has 0 bridgehead atoms. The summed E-state index contributed by atoms with van der Waals surface area (Å²) < 4.78 is 13.7. The molecule has 0 aliphatic rings. The largest absolute Gasteiger partial charge is 0.387 e. The van der Waals surface area contributed by atoms with E-state index in [1.54, 1.807) is 12.1 Å². The summed E-state index contributed by atoms with van der Waals surface area (Å²) in [6, 6.07) is 11.3. The van der Waals surface area contributed by atoms with Crippen LogP contribution in [0.25, 0.3) is 0 Å². The maximum atomic E-state index is 13.7. The van der Waals surface area contributed by atoms with Gasteiger partial charge in [-0.1, -0.05) is 29.8 Å². The number of nitrogens with zero attached hydrogens (tertiary/aromatic N) is 1. The molecule has 0 fully saturated rings. The molecule has 2 aromatic carbocycles. The smallest absolute Gasteiger partial charge is 0.255 e. The van der Waals surface area contributed by atoms with Gasteiger partial charge < -0.3 is 15.3 Å². The summed E-state index contributed by atoms with van der Waals surface area (Å²) in [5.74, 6) is -1.35. The Hall–Kier alpha value is -2.11. The zero-order valence-corrected chi connectivity index (χ0v) is 13.6. The van der Waals surface area contributed by atoms with Gasteiger partial charge in [-0.05, 0) is 29.8 Å². The standard InChI is InChI=1S/C17H18ClFN2O2/c1-21(2)12-8-6-11(7-9-12)15(22)10-20-17(23)16-13(18)4-3-5-14(16)19/h3-9,15,22H,10H2,1-2H3,(H,20,23)/t15-/m0/s1.